The molecule has 0 aliphatic heterocycles. The van der Waals surface area contributed by atoms with E-state index in [0.717, 1.165) is 0 Å². The van der Waals surface area contributed by atoms with Crippen LogP contribution >= 0.6 is 0 Å². The van der Waals surface area contributed by atoms with Crippen LogP contribution in [0.3, 0.4) is 0 Å². The fourth-order valence-electron chi connectivity index (χ4n) is 1.03. The van der Waals surface area contributed by atoms with E-state index >= 15 is 0 Å². The van der Waals surface area contributed by atoms with Crippen LogP contribution in [0, 0.1) is 5.82 Å². The predicted molar refractivity (Wildman–Crippen MR) is 52.7 cm³/mol. The van der Waals surface area contributed by atoms with E-state index in [1.165, 1.54) is 19.3 Å². The maximum Gasteiger partial charge on any atom is 0.145 e. The van der Waals surface area contributed by atoms with E-state index in [1.54, 1.807) is 19.1 Å². The first kappa shape index (κ1) is 10.4. The van der Waals surface area contributed by atoms with Crippen molar-refractivity contribution in [3.63, 3.8) is 0 Å². The summed E-state index contributed by atoms with van der Waals surface area (Å²) in [4.78, 5) is 10.3. The van der Waals surface area contributed by atoms with E-state index in [-0.39, 0.29) is 0 Å². The third-order valence-electron chi connectivity index (χ3n) is 1.78. The van der Waals surface area contributed by atoms with Gasteiger partial charge in [-0.1, -0.05) is 0 Å². The minimum atomic E-state index is -0.398. The van der Waals surface area contributed by atoms with Gasteiger partial charge in [0.05, 0.1) is 7.11 Å². The average molecular weight is 194 g/mol. The smallest absolute Gasteiger partial charge is 0.145 e. The third kappa shape index (κ3) is 2.42. The molecule has 0 unspecified atom stereocenters. The first-order chi connectivity index (χ1) is 6.67. The molecule has 0 aromatic heterocycles. The highest BCUT2D eigenvalue weighted by atomic mass is 19.1. The molecule has 0 atom stereocenters. The number of aldehydes is 1. The second-order valence-electron chi connectivity index (χ2n) is 2.89. The van der Waals surface area contributed by atoms with E-state index in [0.29, 0.717) is 23.2 Å². The Kier molecular flexibility index (Phi) is 3.40. The second-order valence-corrected chi connectivity index (χ2v) is 2.89. The molecule has 0 heterocycles. The first-order valence-electron chi connectivity index (χ1n) is 4.14. The van der Waals surface area contributed by atoms with Gasteiger partial charge >= 0.3 is 0 Å². The Hall–Kier alpha value is -1.64. The van der Waals surface area contributed by atoms with Crippen molar-refractivity contribution < 1.29 is 13.9 Å². The van der Waals surface area contributed by atoms with Crippen LogP contribution < -0.4 is 4.74 Å². The summed E-state index contributed by atoms with van der Waals surface area (Å²) in [6, 6.07) is 4.50. The normalized spacial score (nSPS) is 11.2. The van der Waals surface area contributed by atoms with E-state index in [9.17, 15) is 9.18 Å². The number of allylic oxidation sites excluding steroid dienone is 1. The van der Waals surface area contributed by atoms with Gasteiger partial charge in [-0.05, 0) is 30.7 Å². The van der Waals surface area contributed by atoms with E-state index in [1.807, 2.05) is 0 Å². The molecule has 0 radical (unpaired) electrons. The van der Waals surface area contributed by atoms with Crippen LogP contribution in [0.25, 0.3) is 6.08 Å². The summed E-state index contributed by atoms with van der Waals surface area (Å²) < 4.78 is 18.1. The number of ether oxygens (including phenoxy) is 1. The zero-order valence-corrected chi connectivity index (χ0v) is 8.08. The second kappa shape index (κ2) is 4.56. The molecule has 0 bridgehead atoms. The van der Waals surface area contributed by atoms with Crippen molar-refractivity contribution in [1.82, 2.24) is 0 Å². The van der Waals surface area contributed by atoms with Crippen LogP contribution in [0.5, 0.6) is 5.75 Å². The predicted octanol–water partition coefficient (Wildman–Crippen LogP) is 2.44. The fraction of sp³-hybridized carbons (Fsp3) is 0.182. The fourth-order valence-corrected chi connectivity index (χ4v) is 1.03. The standard InChI is InChI=1S/C11H11FO2/c1-8(7-13)5-9-3-4-10(14-2)6-11(9)12/h3-7H,1-2H3/b8-5+. The summed E-state index contributed by atoms with van der Waals surface area (Å²) in [5.74, 6) is 0.0638. The monoisotopic (exact) mass is 194 g/mol. The lowest BCUT2D eigenvalue weighted by molar-refractivity contribution is -0.104. The molecule has 0 saturated heterocycles. The number of hydrogen-bond acceptors (Lipinski definition) is 2. The zero-order valence-electron chi connectivity index (χ0n) is 8.08. The SMILES string of the molecule is COc1ccc(/C=C(\C)C=O)c(F)c1. The Balaban J connectivity index is 3.06. The van der Waals surface area contributed by atoms with Crippen molar-refractivity contribution in [1.29, 1.82) is 0 Å². The molecule has 0 saturated carbocycles. The molecule has 1 aromatic rings. The van der Waals surface area contributed by atoms with Crippen LogP contribution in [0.15, 0.2) is 23.8 Å². The van der Waals surface area contributed by atoms with Gasteiger partial charge in [0.2, 0.25) is 0 Å². The highest BCUT2D eigenvalue weighted by Gasteiger charge is 2.01. The Morgan fingerprint density at radius 3 is 2.71 bits per heavy atom. The van der Waals surface area contributed by atoms with Gasteiger partial charge in [0.25, 0.3) is 0 Å². The maximum absolute atomic E-state index is 13.3. The highest BCUT2D eigenvalue weighted by Crippen LogP contribution is 2.17. The van der Waals surface area contributed by atoms with Gasteiger partial charge in [-0.25, -0.2) is 4.39 Å². The molecular formula is C11H11FO2. The van der Waals surface area contributed by atoms with E-state index < -0.39 is 5.82 Å². The molecule has 2 nitrogen and oxygen atoms in total. The highest BCUT2D eigenvalue weighted by molar-refractivity contribution is 5.80. The van der Waals surface area contributed by atoms with Crippen molar-refractivity contribution >= 4 is 12.4 Å². The van der Waals surface area contributed by atoms with E-state index in [2.05, 4.69) is 0 Å². The molecule has 1 aromatic carbocycles. The summed E-state index contributed by atoms with van der Waals surface area (Å²) in [6.45, 7) is 1.62. The van der Waals surface area contributed by atoms with Gasteiger partial charge in [0.15, 0.2) is 0 Å². The van der Waals surface area contributed by atoms with Crippen LogP contribution in [-0.4, -0.2) is 13.4 Å². The number of carbonyl (C=O) groups excluding carboxylic acids is 1. The van der Waals surface area contributed by atoms with Crippen molar-refractivity contribution in [2.24, 2.45) is 0 Å². The summed E-state index contributed by atoms with van der Waals surface area (Å²) in [7, 11) is 1.47. The zero-order chi connectivity index (χ0) is 10.6. The molecule has 0 fully saturated rings. The summed E-state index contributed by atoms with van der Waals surface area (Å²) in [5.41, 5.74) is 0.865. The number of hydrogen-bond donors (Lipinski definition) is 0. The Morgan fingerprint density at radius 1 is 1.50 bits per heavy atom. The van der Waals surface area contributed by atoms with E-state index in [4.69, 9.17) is 4.74 Å². The first-order valence-corrected chi connectivity index (χ1v) is 4.14. The van der Waals surface area contributed by atoms with Gasteiger partial charge < -0.3 is 4.74 Å². The molecular weight excluding hydrogens is 183 g/mol. The van der Waals surface area contributed by atoms with Gasteiger partial charge in [-0.15, -0.1) is 0 Å². The minimum Gasteiger partial charge on any atom is -0.497 e. The van der Waals surface area contributed by atoms with Crippen molar-refractivity contribution in [2.45, 2.75) is 6.92 Å². The van der Waals surface area contributed by atoms with Crippen molar-refractivity contribution in [3.05, 3.63) is 35.2 Å². The molecule has 0 amide bonds. The quantitative estimate of drug-likeness (QED) is 0.545. The number of halogens is 1. The van der Waals surface area contributed by atoms with Crippen molar-refractivity contribution in [2.75, 3.05) is 7.11 Å². The number of benzene rings is 1. The molecule has 3 heteroatoms. The minimum absolute atomic E-state index is 0.385. The molecule has 74 valence electrons. The van der Waals surface area contributed by atoms with Gasteiger partial charge in [0, 0.05) is 11.6 Å². The van der Waals surface area contributed by atoms with Crippen LogP contribution in [0.2, 0.25) is 0 Å². The van der Waals surface area contributed by atoms with Gasteiger partial charge in [0.1, 0.15) is 17.9 Å². The average Bonchev–Trinajstić information content (AvgIpc) is 2.20. The van der Waals surface area contributed by atoms with Gasteiger partial charge in [-0.2, -0.15) is 0 Å². The third-order valence-corrected chi connectivity index (χ3v) is 1.78. The van der Waals surface area contributed by atoms with Gasteiger partial charge in [-0.3, -0.25) is 4.79 Å². The Labute approximate surface area is 82.0 Å². The maximum atomic E-state index is 13.3. The van der Waals surface area contributed by atoms with Crippen molar-refractivity contribution in [3.8, 4) is 5.75 Å². The Morgan fingerprint density at radius 2 is 2.21 bits per heavy atom. The summed E-state index contributed by atoms with van der Waals surface area (Å²) in [5, 5.41) is 0. The largest absolute Gasteiger partial charge is 0.497 e. The Bertz CT molecular complexity index is 370. The molecule has 0 aliphatic rings. The summed E-state index contributed by atoms with van der Waals surface area (Å²) >= 11 is 0. The lowest BCUT2D eigenvalue weighted by atomic mass is 10.1. The molecule has 0 N–H and O–H groups in total. The number of rotatable bonds is 3. The van der Waals surface area contributed by atoms with Crippen LogP contribution in [0.4, 0.5) is 4.39 Å². The summed E-state index contributed by atoms with van der Waals surface area (Å²) in [6.07, 6.45) is 2.17. The molecule has 1 rings (SSSR count). The van der Waals surface area contributed by atoms with Crippen LogP contribution in [0.1, 0.15) is 12.5 Å². The number of methoxy groups -OCH3 is 1. The topological polar surface area (TPSA) is 26.3 Å². The molecule has 0 aliphatic carbocycles. The lowest BCUT2D eigenvalue weighted by Crippen LogP contribution is -1.88. The lowest BCUT2D eigenvalue weighted by Gasteiger charge is -2.01. The number of carbonyl (C=O) groups is 1. The molecule has 0 spiro atoms. The molecule has 14 heavy (non-hydrogen) atoms. The van der Waals surface area contributed by atoms with Crippen LogP contribution in [-0.2, 0) is 4.79 Å².